The fraction of sp³-hybridized carbons (Fsp3) is 0.185. The second-order valence-corrected chi connectivity index (χ2v) is 8.77. The number of aromatic nitrogens is 2. The fourth-order valence-corrected chi connectivity index (χ4v) is 4.87. The normalized spacial score (nSPS) is 17.5. The number of hydrogen-bond acceptors (Lipinski definition) is 4. The van der Waals surface area contributed by atoms with E-state index in [0.29, 0.717) is 5.11 Å². The highest BCUT2D eigenvalue weighted by molar-refractivity contribution is 7.80. The van der Waals surface area contributed by atoms with Crippen LogP contribution >= 0.6 is 12.2 Å². The molecule has 5 rings (SSSR count). The first kappa shape index (κ1) is 22.0. The van der Waals surface area contributed by atoms with Crippen molar-refractivity contribution < 1.29 is 4.74 Å². The highest BCUT2D eigenvalue weighted by Crippen LogP contribution is 2.43. The standard InChI is InChI=1S/C27H27N5OS/c1-30(2)19-13-15-20(16-14-19)32-26(25(29-27(32)34)21-9-6-7-17-28-21)23-11-8-18-31(23)22-10-4-5-12-24(22)33-3/h4-18,25-26H,1-3H3,(H,29,34)/t25-,26+/m0/s1. The molecular weight excluding hydrogens is 442 g/mol. The molecule has 0 saturated carbocycles. The van der Waals surface area contributed by atoms with Crippen molar-refractivity contribution in [2.45, 2.75) is 12.1 Å². The van der Waals surface area contributed by atoms with Crippen LogP contribution in [0.4, 0.5) is 11.4 Å². The monoisotopic (exact) mass is 469 g/mol. The first-order valence-electron chi connectivity index (χ1n) is 11.2. The topological polar surface area (TPSA) is 45.6 Å². The van der Waals surface area contributed by atoms with E-state index in [-0.39, 0.29) is 12.1 Å². The molecule has 3 heterocycles. The van der Waals surface area contributed by atoms with Gasteiger partial charge in [-0.3, -0.25) is 4.98 Å². The van der Waals surface area contributed by atoms with Gasteiger partial charge >= 0.3 is 0 Å². The lowest BCUT2D eigenvalue weighted by Gasteiger charge is -2.29. The molecule has 0 amide bonds. The molecule has 7 heteroatoms. The van der Waals surface area contributed by atoms with Gasteiger partial charge in [-0.05, 0) is 72.9 Å². The van der Waals surface area contributed by atoms with Gasteiger partial charge in [-0.2, -0.15) is 0 Å². The van der Waals surface area contributed by atoms with E-state index in [2.05, 4.69) is 73.3 Å². The van der Waals surface area contributed by atoms with Crippen molar-refractivity contribution in [1.82, 2.24) is 14.9 Å². The van der Waals surface area contributed by atoms with Crippen LogP contribution in [-0.4, -0.2) is 35.9 Å². The summed E-state index contributed by atoms with van der Waals surface area (Å²) in [4.78, 5) is 8.95. The summed E-state index contributed by atoms with van der Waals surface area (Å²) in [6.45, 7) is 0. The Morgan fingerprint density at radius 1 is 0.941 bits per heavy atom. The lowest BCUT2D eigenvalue weighted by Crippen LogP contribution is -2.30. The minimum atomic E-state index is -0.120. The summed E-state index contributed by atoms with van der Waals surface area (Å²) >= 11 is 5.89. The molecule has 2 aromatic heterocycles. The Hall–Kier alpha value is -3.84. The molecule has 4 aromatic rings. The number of methoxy groups -OCH3 is 1. The summed E-state index contributed by atoms with van der Waals surface area (Å²) in [6, 6.07) is 26.5. The van der Waals surface area contributed by atoms with Crippen LogP contribution in [0.2, 0.25) is 0 Å². The van der Waals surface area contributed by atoms with Gasteiger partial charge in [0.05, 0.1) is 24.5 Å². The molecule has 0 radical (unpaired) electrons. The van der Waals surface area contributed by atoms with Crippen LogP contribution in [0, 0.1) is 0 Å². The number of nitrogens with one attached hydrogen (secondary N) is 1. The van der Waals surface area contributed by atoms with E-state index in [9.17, 15) is 0 Å². The summed E-state index contributed by atoms with van der Waals surface area (Å²) in [5.74, 6) is 0.810. The Kier molecular flexibility index (Phi) is 5.94. The van der Waals surface area contributed by atoms with Gasteiger partial charge < -0.3 is 24.4 Å². The highest BCUT2D eigenvalue weighted by atomic mass is 32.1. The second-order valence-electron chi connectivity index (χ2n) is 8.38. The number of benzene rings is 2. The smallest absolute Gasteiger partial charge is 0.174 e. The van der Waals surface area contributed by atoms with E-state index in [0.717, 1.165) is 34.2 Å². The molecule has 1 aliphatic heterocycles. The largest absolute Gasteiger partial charge is 0.495 e. The van der Waals surface area contributed by atoms with Crippen molar-refractivity contribution in [3.63, 3.8) is 0 Å². The minimum Gasteiger partial charge on any atom is -0.495 e. The van der Waals surface area contributed by atoms with Gasteiger partial charge in [0.15, 0.2) is 5.11 Å². The molecule has 1 aliphatic rings. The molecule has 172 valence electrons. The molecule has 0 spiro atoms. The van der Waals surface area contributed by atoms with E-state index < -0.39 is 0 Å². The van der Waals surface area contributed by atoms with Gasteiger partial charge in [0, 0.05) is 43.6 Å². The minimum absolute atomic E-state index is 0.118. The van der Waals surface area contributed by atoms with Crippen LogP contribution in [0.15, 0.2) is 91.3 Å². The van der Waals surface area contributed by atoms with E-state index in [1.54, 1.807) is 7.11 Å². The highest BCUT2D eigenvalue weighted by Gasteiger charge is 2.42. The van der Waals surface area contributed by atoms with E-state index in [1.807, 2.05) is 56.7 Å². The summed E-state index contributed by atoms with van der Waals surface area (Å²) in [5.41, 5.74) is 5.17. The summed E-state index contributed by atoms with van der Waals surface area (Å²) in [7, 11) is 5.78. The third kappa shape index (κ3) is 3.88. The van der Waals surface area contributed by atoms with Crippen molar-refractivity contribution in [3.8, 4) is 11.4 Å². The van der Waals surface area contributed by atoms with E-state index in [1.165, 1.54) is 0 Å². The van der Waals surface area contributed by atoms with Crippen molar-refractivity contribution >= 4 is 28.7 Å². The number of pyridine rings is 1. The Bertz CT molecular complexity index is 1290. The average molecular weight is 470 g/mol. The second kappa shape index (κ2) is 9.19. The Balaban J connectivity index is 1.66. The molecule has 0 bridgehead atoms. The van der Waals surface area contributed by atoms with Crippen LogP contribution in [0.1, 0.15) is 23.5 Å². The molecule has 0 aliphatic carbocycles. The van der Waals surface area contributed by atoms with Crippen molar-refractivity contribution in [3.05, 3.63) is 103 Å². The first-order chi connectivity index (χ1) is 16.6. The van der Waals surface area contributed by atoms with Crippen LogP contribution in [0.5, 0.6) is 5.75 Å². The van der Waals surface area contributed by atoms with Gasteiger partial charge in [-0.1, -0.05) is 18.2 Å². The predicted octanol–water partition coefficient (Wildman–Crippen LogP) is 5.12. The lowest BCUT2D eigenvalue weighted by molar-refractivity contribution is 0.412. The number of ether oxygens (including phenoxy) is 1. The molecule has 0 unspecified atom stereocenters. The van der Waals surface area contributed by atoms with Gasteiger partial charge in [-0.25, -0.2) is 0 Å². The maximum Gasteiger partial charge on any atom is 0.174 e. The van der Waals surface area contributed by atoms with Gasteiger partial charge in [0.2, 0.25) is 0 Å². The molecule has 34 heavy (non-hydrogen) atoms. The Morgan fingerprint density at radius 3 is 2.41 bits per heavy atom. The third-order valence-corrected chi connectivity index (χ3v) is 6.48. The van der Waals surface area contributed by atoms with Crippen molar-refractivity contribution in [2.75, 3.05) is 31.0 Å². The zero-order valence-corrected chi connectivity index (χ0v) is 20.2. The molecule has 1 N–H and O–H groups in total. The number of hydrogen-bond donors (Lipinski definition) is 1. The molecule has 2 atom stereocenters. The van der Waals surface area contributed by atoms with Gasteiger partial charge in [0.25, 0.3) is 0 Å². The Morgan fingerprint density at radius 2 is 1.71 bits per heavy atom. The number of nitrogens with zero attached hydrogens (tertiary/aromatic N) is 4. The van der Waals surface area contributed by atoms with Crippen molar-refractivity contribution in [2.24, 2.45) is 0 Å². The van der Waals surface area contributed by atoms with Crippen LogP contribution < -0.4 is 19.9 Å². The summed E-state index contributed by atoms with van der Waals surface area (Å²) < 4.78 is 7.85. The predicted molar refractivity (Wildman–Crippen MR) is 141 cm³/mol. The van der Waals surface area contributed by atoms with Crippen LogP contribution in [0.25, 0.3) is 5.69 Å². The number of anilines is 2. The quantitative estimate of drug-likeness (QED) is 0.395. The lowest BCUT2D eigenvalue weighted by atomic mass is 10.0. The summed E-state index contributed by atoms with van der Waals surface area (Å²) in [6.07, 6.45) is 3.89. The van der Waals surface area contributed by atoms with Gasteiger partial charge in [0.1, 0.15) is 11.8 Å². The SMILES string of the molecule is COc1ccccc1-n1cccc1[C@@H]1[C@H](c2ccccn2)NC(=S)N1c1ccc(N(C)C)cc1. The molecule has 1 saturated heterocycles. The first-order valence-corrected chi connectivity index (χ1v) is 11.6. The fourth-order valence-electron chi connectivity index (χ4n) is 4.53. The van der Waals surface area contributed by atoms with Crippen molar-refractivity contribution in [1.29, 1.82) is 0 Å². The summed E-state index contributed by atoms with van der Waals surface area (Å²) in [5, 5.41) is 4.21. The zero-order chi connectivity index (χ0) is 23.7. The molecular formula is C27H27N5OS. The van der Waals surface area contributed by atoms with Crippen LogP contribution in [-0.2, 0) is 0 Å². The molecule has 6 nitrogen and oxygen atoms in total. The van der Waals surface area contributed by atoms with E-state index in [4.69, 9.17) is 17.0 Å². The van der Waals surface area contributed by atoms with Crippen LogP contribution in [0.3, 0.4) is 0 Å². The zero-order valence-electron chi connectivity index (χ0n) is 19.4. The van der Waals surface area contributed by atoms with E-state index >= 15 is 0 Å². The Labute approximate surface area is 205 Å². The maximum absolute atomic E-state index is 5.89. The van der Waals surface area contributed by atoms with Gasteiger partial charge in [-0.15, -0.1) is 0 Å². The number of rotatable bonds is 6. The average Bonchev–Trinajstić information content (AvgIpc) is 3.48. The molecule has 2 aromatic carbocycles. The molecule has 1 fully saturated rings. The third-order valence-electron chi connectivity index (χ3n) is 6.17. The number of para-hydroxylation sites is 2. The maximum atomic E-state index is 5.89. The number of thiocarbonyl (C=S) groups is 1.